The van der Waals surface area contributed by atoms with Crippen LogP contribution in [-0.2, 0) is 0 Å². The zero-order valence-corrected chi connectivity index (χ0v) is 6.66. The molecule has 0 atom stereocenters. The van der Waals surface area contributed by atoms with Gasteiger partial charge in [0.05, 0.1) is 11.9 Å². The molecule has 0 saturated carbocycles. The molecule has 0 fully saturated rings. The summed E-state index contributed by atoms with van der Waals surface area (Å²) in [5.41, 5.74) is 6.74. The average Bonchev–Trinajstić information content (AvgIpc) is 2.61. The Hall–Kier alpha value is -1.91. The smallest absolute Gasteiger partial charge is 0.142 e. The number of aromatic nitrogens is 3. The van der Waals surface area contributed by atoms with Gasteiger partial charge in [0.2, 0.25) is 0 Å². The highest BCUT2D eigenvalue weighted by molar-refractivity contribution is 5.70. The predicted molar refractivity (Wildman–Crippen MR) is 46.2 cm³/mol. The third kappa shape index (κ3) is 1.35. The molecular formula is C8H7FN4. The van der Waals surface area contributed by atoms with Crippen LogP contribution in [0.5, 0.6) is 0 Å². The van der Waals surface area contributed by atoms with Crippen LogP contribution in [0.1, 0.15) is 0 Å². The quantitative estimate of drug-likeness (QED) is 0.689. The lowest BCUT2D eigenvalue weighted by atomic mass is 10.2. The topological polar surface area (TPSA) is 67.6 Å². The predicted octanol–water partition coefficient (Wildman–Crippen LogP) is 1.19. The summed E-state index contributed by atoms with van der Waals surface area (Å²) in [4.78, 5) is 3.69. The number of aromatic amines is 1. The summed E-state index contributed by atoms with van der Waals surface area (Å²) in [5, 5.41) is 6.42. The van der Waals surface area contributed by atoms with Crippen LogP contribution in [0.3, 0.4) is 0 Å². The van der Waals surface area contributed by atoms with E-state index in [1.54, 1.807) is 12.3 Å². The van der Waals surface area contributed by atoms with Crippen LogP contribution < -0.4 is 5.73 Å². The number of hydrogen-bond acceptors (Lipinski definition) is 3. The standard InChI is InChI=1S/C8H7FN4/c9-5-3-6(8(10)11-4-5)7-1-2-12-13-7/h1-4H,(H2,10,11)(H,12,13). The Morgan fingerprint density at radius 2 is 2.31 bits per heavy atom. The highest BCUT2D eigenvalue weighted by Gasteiger charge is 2.05. The number of hydrogen-bond donors (Lipinski definition) is 2. The molecule has 3 N–H and O–H groups in total. The van der Waals surface area contributed by atoms with E-state index in [9.17, 15) is 4.39 Å². The number of nitrogens with one attached hydrogen (secondary N) is 1. The average molecular weight is 178 g/mol. The summed E-state index contributed by atoms with van der Waals surface area (Å²) < 4.78 is 12.8. The number of nitrogen functional groups attached to an aromatic ring is 1. The molecule has 0 aliphatic carbocycles. The molecule has 2 rings (SSSR count). The van der Waals surface area contributed by atoms with Crippen molar-refractivity contribution in [2.45, 2.75) is 0 Å². The van der Waals surface area contributed by atoms with E-state index < -0.39 is 5.82 Å². The Labute approximate surface area is 73.6 Å². The second kappa shape index (κ2) is 2.85. The Balaban J connectivity index is 2.57. The summed E-state index contributed by atoms with van der Waals surface area (Å²) >= 11 is 0. The zero-order valence-electron chi connectivity index (χ0n) is 6.66. The van der Waals surface area contributed by atoms with Crippen LogP contribution in [0.2, 0.25) is 0 Å². The summed E-state index contributed by atoms with van der Waals surface area (Å²) in [6.07, 6.45) is 2.65. The van der Waals surface area contributed by atoms with Crippen molar-refractivity contribution in [1.29, 1.82) is 0 Å². The second-order valence-electron chi connectivity index (χ2n) is 2.56. The first-order valence-electron chi connectivity index (χ1n) is 3.68. The van der Waals surface area contributed by atoms with Gasteiger partial charge in [-0.15, -0.1) is 0 Å². The Morgan fingerprint density at radius 3 is 3.00 bits per heavy atom. The van der Waals surface area contributed by atoms with E-state index in [0.717, 1.165) is 6.20 Å². The van der Waals surface area contributed by atoms with Gasteiger partial charge in [-0.3, -0.25) is 5.10 Å². The number of rotatable bonds is 1. The van der Waals surface area contributed by atoms with Crippen molar-refractivity contribution in [1.82, 2.24) is 15.2 Å². The van der Waals surface area contributed by atoms with Gasteiger partial charge in [0, 0.05) is 11.8 Å². The molecule has 2 aromatic heterocycles. The van der Waals surface area contributed by atoms with E-state index >= 15 is 0 Å². The molecule has 0 amide bonds. The van der Waals surface area contributed by atoms with Gasteiger partial charge in [-0.25, -0.2) is 9.37 Å². The van der Waals surface area contributed by atoms with Gasteiger partial charge in [0.15, 0.2) is 0 Å². The van der Waals surface area contributed by atoms with Crippen LogP contribution in [0.4, 0.5) is 10.2 Å². The fourth-order valence-corrected chi connectivity index (χ4v) is 1.07. The monoisotopic (exact) mass is 178 g/mol. The van der Waals surface area contributed by atoms with Crippen LogP contribution in [0.15, 0.2) is 24.5 Å². The lowest BCUT2D eigenvalue weighted by Gasteiger charge is -2.00. The minimum atomic E-state index is -0.418. The SMILES string of the molecule is Nc1ncc(F)cc1-c1ccn[nH]1. The lowest BCUT2D eigenvalue weighted by Crippen LogP contribution is -1.95. The third-order valence-corrected chi connectivity index (χ3v) is 1.68. The first kappa shape index (κ1) is 7.72. The highest BCUT2D eigenvalue weighted by atomic mass is 19.1. The molecule has 0 bridgehead atoms. The number of anilines is 1. The second-order valence-corrected chi connectivity index (χ2v) is 2.56. The molecule has 13 heavy (non-hydrogen) atoms. The summed E-state index contributed by atoms with van der Waals surface area (Å²) in [6, 6.07) is 3.02. The molecule has 2 aromatic rings. The van der Waals surface area contributed by atoms with Gasteiger partial charge in [0.1, 0.15) is 11.6 Å². The molecule has 0 aliphatic rings. The maximum atomic E-state index is 12.8. The van der Waals surface area contributed by atoms with Crippen LogP contribution >= 0.6 is 0 Å². The number of pyridine rings is 1. The molecule has 5 heteroatoms. The van der Waals surface area contributed by atoms with Gasteiger partial charge >= 0.3 is 0 Å². The lowest BCUT2D eigenvalue weighted by molar-refractivity contribution is 0.622. The molecule has 0 unspecified atom stereocenters. The Bertz CT molecular complexity index is 410. The van der Waals surface area contributed by atoms with E-state index in [0.29, 0.717) is 11.3 Å². The Morgan fingerprint density at radius 1 is 1.46 bits per heavy atom. The normalized spacial score (nSPS) is 10.2. The largest absolute Gasteiger partial charge is 0.383 e. The number of H-pyrrole nitrogens is 1. The number of nitrogens with zero attached hydrogens (tertiary/aromatic N) is 2. The Kier molecular flexibility index (Phi) is 1.70. The zero-order chi connectivity index (χ0) is 9.26. The third-order valence-electron chi connectivity index (χ3n) is 1.68. The molecule has 0 saturated heterocycles. The van der Waals surface area contributed by atoms with Gasteiger partial charge in [-0.1, -0.05) is 0 Å². The van der Waals surface area contributed by atoms with Crippen molar-refractivity contribution >= 4 is 5.82 Å². The fraction of sp³-hybridized carbons (Fsp3) is 0. The molecule has 0 spiro atoms. The highest BCUT2D eigenvalue weighted by Crippen LogP contribution is 2.21. The molecule has 0 aromatic carbocycles. The minimum absolute atomic E-state index is 0.283. The first-order valence-corrected chi connectivity index (χ1v) is 3.68. The molecule has 0 aliphatic heterocycles. The minimum Gasteiger partial charge on any atom is -0.383 e. The van der Waals surface area contributed by atoms with Gasteiger partial charge in [-0.2, -0.15) is 5.10 Å². The maximum absolute atomic E-state index is 12.8. The number of halogens is 1. The maximum Gasteiger partial charge on any atom is 0.142 e. The van der Waals surface area contributed by atoms with Crippen LogP contribution in [0, 0.1) is 5.82 Å². The summed E-state index contributed by atoms with van der Waals surface area (Å²) in [7, 11) is 0. The van der Waals surface area contributed by atoms with E-state index in [1.807, 2.05) is 0 Å². The van der Waals surface area contributed by atoms with E-state index in [-0.39, 0.29) is 5.82 Å². The molecule has 0 radical (unpaired) electrons. The molecule has 2 heterocycles. The van der Waals surface area contributed by atoms with Crippen molar-refractivity contribution in [2.75, 3.05) is 5.73 Å². The van der Waals surface area contributed by atoms with Crippen LogP contribution in [0.25, 0.3) is 11.3 Å². The van der Waals surface area contributed by atoms with E-state index in [1.165, 1.54) is 6.07 Å². The van der Waals surface area contributed by atoms with Gasteiger partial charge < -0.3 is 5.73 Å². The van der Waals surface area contributed by atoms with E-state index in [2.05, 4.69) is 15.2 Å². The van der Waals surface area contributed by atoms with Crippen molar-refractivity contribution in [3.63, 3.8) is 0 Å². The summed E-state index contributed by atoms with van der Waals surface area (Å²) in [6.45, 7) is 0. The van der Waals surface area contributed by atoms with Gasteiger partial charge in [-0.05, 0) is 12.1 Å². The number of nitrogens with two attached hydrogens (primary N) is 1. The van der Waals surface area contributed by atoms with Gasteiger partial charge in [0.25, 0.3) is 0 Å². The summed E-state index contributed by atoms with van der Waals surface area (Å²) in [5.74, 6) is -0.135. The van der Waals surface area contributed by atoms with Crippen LogP contribution in [-0.4, -0.2) is 15.2 Å². The molecule has 66 valence electrons. The van der Waals surface area contributed by atoms with Crippen molar-refractivity contribution in [3.05, 3.63) is 30.3 Å². The molecule has 4 nitrogen and oxygen atoms in total. The van der Waals surface area contributed by atoms with Crippen molar-refractivity contribution in [3.8, 4) is 11.3 Å². The molecular weight excluding hydrogens is 171 g/mol. The first-order chi connectivity index (χ1) is 6.27. The van der Waals surface area contributed by atoms with E-state index in [4.69, 9.17) is 5.73 Å². The van der Waals surface area contributed by atoms with Crippen molar-refractivity contribution in [2.24, 2.45) is 0 Å². The fourth-order valence-electron chi connectivity index (χ4n) is 1.07. The van der Waals surface area contributed by atoms with Crippen molar-refractivity contribution < 1.29 is 4.39 Å².